The van der Waals surface area contributed by atoms with Crippen molar-refractivity contribution >= 4 is 16.7 Å². The summed E-state index contributed by atoms with van der Waals surface area (Å²) in [5.41, 5.74) is 5.67. The van der Waals surface area contributed by atoms with E-state index in [9.17, 15) is 9.90 Å². The molecule has 3 rings (SSSR count). The van der Waals surface area contributed by atoms with Crippen LogP contribution in [0.5, 0.6) is 0 Å². The predicted molar refractivity (Wildman–Crippen MR) is 66.4 cm³/mol. The molecule has 2 aromatic rings. The highest BCUT2D eigenvalue weighted by atomic mass is 16.5. The van der Waals surface area contributed by atoms with E-state index in [1.165, 1.54) is 0 Å². The highest BCUT2D eigenvalue weighted by Crippen LogP contribution is 2.31. The van der Waals surface area contributed by atoms with E-state index < -0.39 is 18.4 Å². The lowest BCUT2D eigenvalue weighted by Gasteiger charge is -2.14. The Labute approximate surface area is 107 Å². The van der Waals surface area contributed by atoms with Crippen LogP contribution in [0.2, 0.25) is 0 Å². The Morgan fingerprint density at radius 2 is 2.42 bits per heavy atom. The van der Waals surface area contributed by atoms with Crippen molar-refractivity contribution in [3.05, 3.63) is 22.6 Å². The van der Waals surface area contributed by atoms with Crippen LogP contribution in [0.25, 0.3) is 10.9 Å². The molecule has 0 saturated carbocycles. The largest absolute Gasteiger partial charge is 0.394 e. The van der Waals surface area contributed by atoms with E-state index in [1.54, 1.807) is 16.8 Å². The van der Waals surface area contributed by atoms with Gasteiger partial charge in [0.25, 0.3) is 5.56 Å². The number of aliphatic hydroxyl groups is 2. The number of H-pyrrole nitrogens is 1. The summed E-state index contributed by atoms with van der Waals surface area (Å²) in [6.07, 6.45) is 0.0603. The fraction of sp³-hybridized carbons (Fsp3) is 0.455. The first kappa shape index (κ1) is 12.2. The molecule has 0 aromatic carbocycles. The topological polar surface area (TPSA) is 126 Å². The van der Waals surface area contributed by atoms with Gasteiger partial charge in [0.1, 0.15) is 17.8 Å². The molecule has 1 fully saturated rings. The summed E-state index contributed by atoms with van der Waals surface area (Å²) in [5.74, 6) is 0.227. The normalized spacial score (nSPS) is 27.2. The van der Waals surface area contributed by atoms with Gasteiger partial charge >= 0.3 is 0 Å². The van der Waals surface area contributed by atoms with Gasteiger partial charge in [-0.25, -0.2) is 5.10 Å². The maximum absolute atomic E-state index is 11.8. The quantitative estimate of drug-likeness (QED) is 0.549. The van der Waals surface area contributed by atoms with Crippen molar-refractivity contribution in [2.45, 2.75) is 24.9 Å². The number of rotatable bonds is 2. The summed E-state index contributed by atoms with van der Waals surface area (Å²) < 4.78 is 7.12. The Morgan fingerprint density at radius 1 is 1.63 bits per heavy atom. The van der Waals surface area contributed by atoms with Crippen LogP contribution in [-0.2, 0) is 4.74 Å². The molecular weight excluding hydrogens is 252 g/mol. The molecule has 0 amide bonds. The van der Waals surface area contributed by atoms with E-state index in [0.29, 0.717) is 17.3 Å². The highest BCUT2D eigenvalue weighted by molar-refractivity contribution is 5.88. The monoisotopic (exact) mass is 266 g/mol. The molecule has 0 radical (unpaired) electrons. The van der Waals surface area contributed by atoms with Crippen LogP contribution in [0.4, 0.5) is 5.82 Å². The zero-order valence-electron chi connectivity index (χ0n) is 9.98. The molecule has 0 aliphatic carbocycles. The Bertz CT molecular complexity index is 664. The van der Waals surface area contributed by atoms with Crippen molar-refractivity contribution in [2.24, 2.45) is 0 Å². The van der Waals surface area contributed by atoms with E-state index in [1.807, 2.05) is 0 Å². The molecule has 5 N–H and O–H groups in total. The number of aromatic amines is 1. The lowest BCUT2D eigenvalue weighted by Crippen LogP contribution is -2.24. The Balaban J connectivity index is 2.08. The Hall–Kier alpha value is -1.90. The third-order valence-corrected chi connectivity index (χ3v) is 3.38. The molecule has 1 aliphatic rings. The zero-order chi connectivity index (χ0) is 13.6. The highest BCUT2D eigenvalue weighted by Gasteiger charge is 2.35. The fourth-order valence-electron chi connectivity index (χ4n) is 2.41. The van der Waals surface area contributed by atoms with Gasteiger partial charge in [0, 0.05) is 18.0 Å². The van der Waals surface area contributed by atoms with Gasteiger partial charge in [-0.05, 0) is 6.07 Å². The maximum atomic E-state index is 11.8. The minimum atomic E-state index is -0.759. The lowest BCUT2D eigenvalue weighted by atomic mass is 10.2. The number of nitrogens with two attached hydrogens (primary N) is 1. The van der Waals surface area contributed by atoms with Gasteiger partial charge in [0.05, 0.1) is 12.7 Å². The van der Waals surface area contributed by atoms with Crippen molar-refractivity contribution in [3.8, 4) is 0 Å². The van der Waals surface area contributed by atoms with Crippen LogP contribution in [0.1, 0.15) is 12.6 Å². The Kier molecular flexibility index (Phi) is 2.77. The first-order chi connectivity index (χ1) is 9.11. The van der Waals surface area contributed by atoms with Crippen molar-refractivity contribution < 1.29 is 14.9 Å². The van der Waals surface area contributed by atoms with Crippen LogP contribution >= 0.6 is 0 Å². The molecule has 1 saturated heterocycles. The molecule has 1 aliphatic heterocycles. The molecule has 8 heteroatoms. The minimum Gasteiger partial charge on any atom is -0.394 e. The molecule has 3 heterocycles. The summed E-state index contributed by atoms with van der Waals surface area (Å²) in [6.45, 7) is -0.267. The molecule has 0 spiro atoms. The number of nitrogen functional groups attached to an aromatic ring is 1. The Morgan fingerprint density at radius 3 is 3.11 bits per heavy atom. The average Bonchev–Trinajstić information content (AvgIpc) is 2.97. The molecule has 0 bridgehead atoms. The summed E-state index contributed by atoms with van der Waals surface area (Å²) in [5, 5.41) is 25.3. The number of anilines is 1. The second kappa shape index (κ2) is 4.34. The van der Waals surface area contributed by atoms with E-state index >= 15 is 0 Å². The first-order valence-electron chi connectivity index (χ1n) is 5.91. The second-order valence-corrected chi connectivity index (χ2v) is 4.54. The van der Waals surface area contributed by atoms with Gasteiger partial charge in [-0.2, -0.15) is 5.10 Å². The second-order valence-electron chi connectivity index (χ2n) is 4.54. The third kappa shape index (κ3) is 1.81. The van der Waals surface area contributed by atoms with Gasteiger partial charge in [-0.15, -0.1) is 0 Å². The van der Waals surface area contributed by atoms with Crippen LogP contribution in [0, 0.1) is 0 Å². The fourth-order valence-corrected chi connectivity index (χ4v) is 2.41. The summed E-state index contributed by atoms with van der Waals surface area (Å²) in [4.78, 5) is 11.8. The number of fused-ring (bicyclic) bond motifs is 1. The standard InChI is InChI=1S/C11H14N4O4/c12-10-5-1-2-15(9(5)11(18)14-13-10)8-3-6(17)7(4-16)19-8/h1-2,6-8,16-17H,3-4H2,(H2,12,13)(H,14,18)/t6-,7?,8+/m0/s1. The number of nitrogens with one attached hydrogen (secondary N) is 1. The van der Waals surface area contributed by atoms with E-state index in [4.69, 9.17) is 15.6 Å². The number of ether oxygens (including phenoxy) is 1. The summed E-state index contributed by atoms with van der Waals surface area (Å²) >= 11 is 0. The molecule has 2 aromatic heterocycles. The summed E-state index contributed by atoms with van der Waals surface area (Å²) in [6, 6.07) is 1.68. The van der Waals surface area contributed by atoms with Crippen molar-refractivity contribution in [1.82, 2.24) is 14.8 Å². The minimum absolute atomic E-state index is 0.227. The zero-order valence-corrected chi connectivity index (χ0v) is 9.98. The van der Waals surface area contributed by atoms with Gasteiger partial charge in [-0.3, -0.25) is 4.79 Å². The predicted octanol–water partition coefficient (Wildman–Crippen LogP) is -1.05. The number of hydrogen-bond donors (Lipinski definition) is 4. The van der Waals surface area contributed by atoms with Gasteiger partial charge in [0.15, 0.2) is 5.82 Å². The molecule has 8 nitrogen and oxygen atoms in total. The van der Waals surface area contributed by atoms with Gasteiger partial charge in [0.2, 0.25) is 0 Å². The van der Waals surface area contributed by atoms with Crippen LogP contribution < -0.4 is 11.3 Å². The van der Waals surface area contributed by atoms with Gasteiger partial charge < -0.3 is 25.3 Å². The smallest absolute Gasteiger partial charge is 0.288 e. The number of aromatic nitrogens is 3. The number of nitrogens with zero attached hydrogens (tertiary/aromatic N) is 2. The van der Waals surface area contributed by atoms with Crippen molar-refractivity contribution in [2.75, 3.05) is 12.3 Å². The number of aliphatic hydroxyl groups excluding tert-OH is 2. The molecule has 19 heavy (non-hydrogen) atoms. The summed E-state index contributed by atoms with van der Waals surface area (Å²) in [7, 11) is 0. The van der Waals surface area contributed by atoms with Gasteiger partial charge in [-0.1, -0.05) is 0 Å². The van der Waals surface area contributed by atoms with Crippen molar-refractivity contribution in [3.63, 3.8) is 0 Å². The average molecular weight is 266 g/mol. The van der Waals surface area contributed by atoms with E-state index in [-0.39, 0.29) is 18.0 Å². The molecule has 1 unspecified atom stereocenters. The maximum Gasteiger partial charge on any atom is 0.288 e. The third-order valence-electron chi connectivity index (χ3n) is 3.38. The lowest BCUT2D eigenvalue weighted by molar-refractivity contribution is -0.0429. The van der Waals surface area contributed by atoms with E-state index in [2.05, 4.69) is 10.2 Å². The van der Waals surface area contributed by atoms with E-state index in [0.717, 1.165) is 0 Å². The molecular formula is C11H14N4O4. The number of hydrogen-bond acceptors (Lipinski definition) is 6. The van der Waals surface area contributed by atoms with Crippen LogP contribution in [-0.4, -0.2) is 43.8 Å². The first-order valence-corrected chi connectivity index (χ1v) is 5.91. The van der Waals surface area contributed by atoms with Crippen LogP contribution in [0.15, 0.2) is 17.1 Å². The van der Waals surface area contributed by atoms with Crippen LogP contribution in [0.3, 0.4) is 0 Å². The molecule has 3 atom stereocenters. The SMILES string of the molecule is Nc1n[nH]c(=O)c2c1ccn2[C@H]1C[C@H](O)C(CO)O1. The van der Waals surface area contributed by atoms with Crippen molar-refractivity contribution in [1.29, 1.82) is 0 Å². The molecule has 102 valence electrons.